The minimum Gasteiger partial charge on any atom is -0.480 e. The molecule has 0 heterocycles. The minimum absolute atomic E-state index is 0.0973. The smallest absolute Gasteiger partial charge is 0.284 e. The lowest BCUT2D eigenvalue weighted by atomic mass is 10.1. The second-order valence-corrected chi connectivity index (χ2v) is 6.10. The Morgan fingerprint density at radius 2 is 1.96 bits per heavy atom. The molecular weight excluding hydrogens is 361 g/mol. The molecule has 5 nitrogen and oxygen atoms in total. The van der Waals surface area contributed by atoms with E-state index in [1.807, 2.05) is 30.3 Å². The van der Waals surface area contributed by atoms with Crippen LogP contribution in [0.25, 0.3) is 0 Å². The topological polar surface area (TPSA) is 67.8 Å². The molecule has 0 fully saturated rings. The van der Waals surface area contributed by atoms with Crippen molar-refractivity contribution in [2.45, 2.75) is 32.0 Å². The van der Waals surface area contributed by atoms with E-state index in [1.54, 1.807) is 5.48 Å². The average molecular weight is 382 g/mol. The molecular formula is C19H21ClFNO4. The van der Waals surface area contributed by atoms with E-state index in [0.29, 0.717) is 26.1 Å². The Hall–Kier alpha value is -2.15. The summed E-state index contributed by atoms with van der Waals surface area (Å²) in [6.07, 6.45) is 0.851. The van der Waals surface area contributed by atoms with Crippen molar-refractivity contribution in [1.82, 2.24) is 5.48 Å². The van der Waals surface area contributed by atoms with Gasteiger partial charge < -0.3 is 9.47 Å². The number of unbranched alkanes of at least 4 members (excludes halogenated alkanes) is 1. The predicted molar refractivity (Wildman–Crippen MR) is 95.7 cm³/mol. The maximum absolute atomic E-state index is 13.2. The molecule has 2 aromatic rings. The van der Waals surface area contributed by atoms with Gasteiger partial charge in [-0.1, -0.05) is 41.9 Å². The van der Waals surface area contributed by atoms with Gasteiger partial charge in [-0.2, -0.15) is 0 Å². The summed E-state index contributed by atoms with van der Waals surface area (Å²) < 4.78 is 24.3. The third-order valence-corrected chi connectivity index (χ3v) is 3.98. The molecule has 7 heteroatoms. The highest BCUT2D eigenvalue weighted by atomic mass is 35.5. The van der Waals surface area contributed by atoms with E-state index in [4.69, 9.17) is 26.3 Å². The van der Waals surface area contributed by atoms with Crippen LogP contribution in [-0.2, 0) is 16.1 Å². The van der Waals surface area contributed by atoms with Crippen LogP contribution in [0, 0.1) is 5.82 Å². The molecule has 0 radical (unpaired) electrons. The largest absolute Gasteiger partial charge is 0.480 e. The molecule has 0 unspecified atom stereocenters. The lowest BCUT2D eigenvalue weighted by Crippen LogP contribution is -2.36. The third-order valence-electron chi connectivity index (χ3n) is 3.69. The molecule has 2 rings (SSSR count). The number of halogens is 2. The number of hydrogen-bond acceptors (Lipinski definition) is 4. The third kappa shape index (κ3) is 6.63. The first kappa shape index (κ1) is 20.2. The summed E-state index contributed by atoms with van der Waals surface area (Å²) in [5, 5.41) is 8.76. The van der Waals surface area contributed by atoms with Gasteiger partial charge in [-0.25, -0.2) is 9.87 Å². The van der Waals surface area contributed by atoms with Crippen LogP contribution in [0.2, 0.25) is 5.02 Å². The van der Waals surface area contributed by atoms with Crippen molar-refractivity contribution in [3.05, 3.63) is 64.9 Å². The van der Waals surface area contributed by atoms with Gasteiger partial charge in [-0.05, 0) is 37.0 Å². The highest BCUT2D eigenvalue weighted by Gasteiger charge is 2.20. The van der Waals surface area contributed by atoms with Gasteiger partial charge in [-0.15, -0.1) is 0 Å². The summed E-state index contributed by atoms with van der Waals surface area (Å²) in [5.74, 6) is -0.987. The number of nitrogens with one attached hydrogen (secondary N) is 1. The van der Waals surface area contributed by atoms with E-state index in [1.165, 1.54) is 12.1 Å². The zero-order chi connectivity index (χ0) is 18.8. The second kappa shape index (κ2) is 10.8. The molecule has 2 N–H and O–H groups in total. The van der Waals surface area contributed by atoms with E-state index < -0.39 is 17.8 Å². The summed E-state index contributed by atoms with van der Waals surface area (Å²) >= 11 is 5.70. The molecule has 1 atom stereocenters. The minimum atomic E-state index is -0.907. The predicted octanol–water partition coefficient (Wildman–Crippen LogP) is 4.12. The van der Waals surface area contributed by atoms with Gasteiger partial charge in [0.25, 0.3) is 5.91 Å². The Morgan fingerprint density at radius 3 is 2.65 bits per heavy atom. The number of carbonyl (C=O) groups is 1. The molecule has 0 saturated carbocycles. The van der Waals surface area contributed by atoms with Crippen molar-refractivity contribution in [3.63, 3.8) is 0 Å². The molecule has 0 aliphatic carbocycles. The van der Waals surface area contributed by atoms with Crippen molar-refractivity contribution >= 4 is 17.5 Å². The van der Waals surface area contributed by atoms with Gasteiger partial charge in [0.1, 0.15) is 11.6 Å². The quantitative estimate of drug-likeness (QED) is 0.369. The fourth-order valence-electron chi connectivity index (χ4n) is 2.33. The van der Waals surface area contributed by atoms with Crippen LogP contribution < -0.4 is 10.2 Å². The zero-order valence-electron chi connectivity index (χ0n) is 14.2. The molecule has 0 bridgehead atoms. The zero-order valence-corrected chi connectivity index (χ0v) is 14.9. The van der Waals surface area contributed by atoms with Crippen LogP contribution in [-0.4, -0.2) is 23.8 Å². The summed E-state index contributed by atoms with van der Waals surface area (Å²) in [6.45, 7) is 1.08. The van der Waals surface area contributed by atoms with E-state index >= 15 is 0 Å². The SMILES string of the molecule is O=C(NO)[C@@H](CCCCOCc1ccccc1)Oc1ccc(F)c(Cl)c1. The Morgan fingerprint density at radius 1 is 1.19 bits per heavy atom. The van der Waals surface area contributed by atoms with E-state index in [-0.39, 0.29) is 10.8 Å². The van der Waals surface area contributed by atoms with Gasteiger partial charge >= 0.3 is 0 Å². The van der Waals surface area contributed by atoms with Crippen molar-refractivity contribution in [3.8, 4) is 5.75 Å². The molecule has 1 amide bonds. The van der Waals surface area contributed by atoms with Gasteiger partial charge in [0.2, 0.25) is 0 Å². The van der Waals surface area contributed by atoms with Crippen LogP contribution in [0.3, 0.4) is 0 Å². The number of rotatable bonds is 10. The first-order valence-corrected chi connectivity index (χ1v) is 8.65. The highest BCUT2D eigenvalue weighted by Crippen LogP contribution is 2.23. The fourth-order valence-corrected chi connectivity index (χ4v) is 2.50. The monoisotopic (exact) mass is 381 g/mol. The lowest BCUT2D eigenvalue weighted by molar-refractivity contribution is -0.136. The number of carbonyl (C=O) groups excluding carboxylic acids is 1. The molecule has 140 valence electrons. The van der Waals surface area contributed by atoms with Crippen LogP contribution in [0.4, 0.5) is 4.39 Å². The molecule has 0 aromatic heterocycles. The van der Waals surface area contributed by atoms with Gasteiger partial charge in [0.15, 0.2) is 6.10 Å². The lowest BCUT2D eigenvalue weighted by Gasteiger charge is -2.17. The molecule has 0 aliphatic rings. The van der Waals surface area contributed by atoms with Crippen LogP contribution >= 0.6 is 11.6 Å². The number of hydrogen-bond donors (Lipinski definition) is 2. The van der Waals surface area contributed by atoms with Crippen LogP contribution in [0.5, 0.6) is 5.75 Å². The second-order valence-electron chi connectivity index (χ2n) is 5.69. The first-order chi connectivity index (χ1) is 12.6. The van der Waals surface area contributed by atoms with E-state index in [2.05, 4.69) is 0 Å². The normalized spacial score (nSPS) is 11.8. The summed E-state index contributed by atoms with van der Waals surface area (Å²) in [4.78, 5) is 11.7. The fraction of sp³-hybridized carbons (Fsp3) is 0.316. The Kier molecular flexibility index (Phi) is 8.34. The van der Waals surface area contributed by atoms with E-state index in [0.717, 1.165) is 18.1 Å². The Bertz CT molecular complexity index is 699. The number of ether oxygens (including phenoxy) is 2. The summed E-state index contributed by atoms with van der Waals surface area (Å²) in [6, 6.07) is 13.7. The van der Waals surface area contributed by atoms with Gasteiger partial charge in [-0.3, -0.25) is 10.0 Å². The summed E-state index contributed by atoms with van der Waals surface area (Å²) in [7, 11) is 0. The molecule has 2 aromatic carbocycles. The molecule has 0 saturated heterocycles. The van der Waals surface area contributed by atoms with Crippen LogP contribution in [0.15, 0.2) is 48.5 Å². The Balaban J connectivity index is 1.75. The molecule has 26 heavy (non-hydrogen) atoms. The van der Waals surface area contributed by atoms with Crippen molar-refractivity contribution < 1.29 is 23.9 Å². The summed E-state index contributed by atoms with van der Waals surface area (Å²) in [5.41, 5.74) is 2.68. The Labute approximate surface area is 156 Å². The van der Waals surface area contributed by atoms with Gasteiger partial charge in [0.05, 0.1) is 11.6 Å². The number of hydroxylamine groups is 1. The maximum atomic E-state index is 13.2. The van der Waals surface area contributed by atoms with Crippen LogP contribution in [0.1, 0.15) is 24.8 Å². The maximum Gasteiger partial charge on any atom is 0.284 e. The number of amides is 1. The standard InChI is InChI=1S/C19H21ClFNO4/c20-16-12-15(9-10-17(16)21)26-18(19(23)22-24)8-4-5-11-25-13-14-6-2-1-3-7-14/h1-3,6-7,9-10,12,18,24H,4-5,8,11,13H2,(H,22,23)/t18-/m1/s1. The van der Waals surface area contributed by atoms with Crippen molar-refractivity contribution in [2.24, 2.45) is 0 Å². The van der Waals surface area contributed by atoms with Crippen molar-refractivity contribution in [1.29, 1.82) is 0 Å². The van der Waals surface area contributed by atoms with E-state index in [9.17, 15) is 9.18 Å². The average Bonchev–Trinajstić information content (AvgIpc) is 2.66. The highest BCUT2D eigenvalue weighted by molar-refractivity contribution is 6.30. The molecule has 0 spiro atoms. The van der Waals surface area contributed by atoms with Crippen molar-refractivity contribution in [2.75, 3.05) is 6.61 Å². The number of benzene rings is 2. The molecule has 0 aliphatic heterocycles. The van der Waals surface area contributed by atoms with Gasteiger partial charge in [0, 0.05) is 12.7 Å². The first-order valence-electron chi connectivity index (χ1n) is 8.27.